The van der Waals surface area contributed by atoms with Gasteiger partial charge < -0.3 is 14.3 Å². The van der Waals surface area contributed by atoms with Crippen LogP contribution in [0.3, 0.4) is 0 Å². The van der Waals surface area contributed by atoms with Gasteiger partial charge in [-0.2, -0.15) is 5.10 Å². The van der Waals surface area contributed by atoms with E-state index in [1.54, 1.807) is 18.5 Å². The first kappa shape index (κ1) is 19.9. The number of carbonyl (C=O) groups excluding carboxylic acids is 1. The van der Waals surface area contributed by atoms with E-state index in [0.29, 0.717) is 30.1 Å². The summed E-state index contributed by atoms with van der Waals surface area (Å²) in [6.45, 7) is 5.36. The van der Waals surface area contributed by atoms with E-state index >= 15 is 0 Å². The summed E-state index contributed by atoms with van der Waals surface area (Å²) in [6.07, 6.45) is 5.16. The van der Waals surface area contributed by atoms with Gasteiger partial charge in [0.2, 0.25) is 0 Å². The highest BCUT2D eigenvalue weighted by atomic mass is 16.3. The van der Waals surface area contributed by atoms with Crippen LogP contribution in [0.1, 0.15) is 32.7 Å². The molecule has 5 aromatic rings. The molecule has 0 spiro atoms. The minimum atomic E-state index is -0.196. The molecule has 32 heavy (non-hydrogen) atoms. The molecule has 3 aromatic heterocycles. The molecule has 5 rings (SSSR count). The first-order valence-electron chi connectivity index (χ1n) is 10.6. The Morgan fingerprint density at radius 2 is 1.81 bits per heavy atom. The van der Waals surface area contributed by atoms with Crippen LogP contribution in [0.5, 0.6) is 0 Å². The maximum atomic E-state index is 13.1. The van der Waals surface area contributed by atoms with E-state index < -0.39 is 0 Å². The van der Waals surface area contributed by atoms with Crippen molar-refractivity contribution in [3.63, 3.8) is 0 Å². The lowest BCUT2D eigenvalue weighted by molar-refractivity contribution is 0.101. The van der Waals surface area contributed by atoms with E-state index in [4.69, 9.17) is 4.42 Å². The fraction of sp³-hybridized carbons (Fsp3) is 0.154. The maximum Gasteiger partial charge on any atom is 0.272 e. The molecule has 3 heterocycles. The molecule has 2 aromatic carbocycles. The molecule has 0 fully saturated rings. The largest absolute Gasteiger partial charge is 0.463 e. The van der Waals surface area contributed by atoms with Crippen molar-refractivity contribution in [2.75, 3.05) is 5.32 Å². The fourth-order valence-electron chi connectivity index (χ4n) is 3.92. The van der Waals surface area contributed by atoms with Crippen LogP contribution in [0, 0.1) is 13.8 Å². The Morgan fingerprint density at radius 3 is 2.62 bits per heavy atom. The normalized spacial score (nSPS) is 11.2. The van der Waals surface area contributed by atoms with E-state index in [9.17, 15) is 4.79 Å². The zero-order chi connectivity index (χ0) is 22.1. The number of anilines is 1. The summed E-state index contributed by atoms with van der Waals surface area (Å²) < 4.78 is 9.36. The molecule has 0 saturated carbocycles. The van der Waals surface area contributed by atoms with Crippen molar-refractivity contribution in [2.24, 2.45) is 0 Å². The minimum absolute atomic E-state index is 0.196. The standard InChI is InChI=1S/C26H24N4O2/c1-18-6-8-20(9-7-18)16-30-23-10-11-32-25(23)13-24(30)26(31)28-22-14-27-29(17-22)15-21-5-3-4-19(2)12-21/h3-14,17H,15-16H2,1-2H3,(H,28,31). The van der Waals surface area contributed by atoms with Gasteiger partial charge >= 0.3 is 0 Å². The van der Waals surface area contributed by atoms with Gasteiger partial charge in [0, 0.05) is 24.9 Å². The molecule has 0 aliphatic carbocycles. The topological polar surface area (TPSA) is 65.0 Å². The van der Waals surface area contributed by atoms with Crippen LogP contribution in [0.2, 0.25) is 0 Å². The van der Waals surface area contributed by atoms with Crippen molar-refractivity contribution in [1.82, 2.24) is 14.3 Å². The predicted octanol–water partition coefficient (Wildman–Crippen LogP) is 5.40. The smallest absolute Gasteiger partial charge is 0.272 e. The fourth-order valence-corrected chi connectivity index (χ4v) is 3.92. The second-order valence-electron chi connectivity index (χ2n) is 8.14. The second kappa shape index (κ2) is 8.23. The summed E-state index contributed by atoms with van der Waals surface area (Å²) in [7, 11) is 0. The van der Waals surface area contributed by atoms with Crippen molar-refractivity contribution in [3.8, 4) is 0 Å². The molecule has 0 unspecified atom stereocenters. The molecule has 1 amide bonds. The summed E-state index contributed by atoms with van der Waals surface area (Å²) in [5.41, 5.74) is 7.49. The number of furan rings is 1. The Morgan fingerprint density at radius 1 is 0.969 bits per heavy atom. The third-order valence-corrected chi connectivity index (χ3v) is 5.53. The number of rotatable bonds is 6. The Bertz CT molecular complexity index is 1390. The van der Waals surface area contributed by atoms with Crippen LogP contribution in [0.15, 0.2) is 83.7 Å². The maximum absolute atomic E-state index is 13.1. The van der Waals surface area contributed by atoms with Gasteiger partial charge in [-0.25, -0.2) is 0 Å². The first-order chi connectivity index (χ1) is 15.5. The lowest BCUT2D eigenvalue weighted by Gasteiger charge is -2.10. The average Bonchev–Trinajstić information content (AvgIpc) is 3.47. The third kappa shape index (κ3) is 4.07. The summed E-state index contributed by atoms with van der Waals surface area (Å²) in [6, 6.07) is 20.3. The number of amides is 1. The molecule has 6 heteroatoms. The van der Waals surface area contributed by atoms with Gasteiger partial charge in [-0.3, -0.25) is 9.48 Å². The van der Waals surface area contributed by atoms with E-state index in [2.05, 4.69) is 66.7 Å². The van der Waals surface area contributed by atoms with Gasteiger partial charge in [-0.05, 0) is 25.0 Å². The number of benzene rings is 2. The molecule has 0 radical (unpaired) electrons. The molecule has 0 saturated heterocycles. The van der Waals surface area contributed by atoms with Gasteiger partial charge in [-0.1, -0.05) is 59.7 Å². The number of aryl methyl sites for hydroxylation is 2. The van der Waals surface area contributed by atoms with Gasteiger partial charge in [0.05, 0.1) is 30.2 Å². The Labute approximate surface area is 186 Å². The number of hydrogen-bond donors (Lipinski definition) is 1. The molecular formula is C26H24N4O2. The molecular weight excluding hydrogens is 400 g/mol. The highest BCUT2D eigenvalue weighted by molar-refractivity contribution is 6.05. The third-order valence-electron chi connectivity index (χ3n) is 5.53. The number of aromatic nitrogens is 3. The average molecular weight is 425 g/mol. The zero-order valence-electron chi connectivity index (χ0n) is 18.1. The zero-order valence-corrected chi connectivity index (χ0v) is 18.1. The Kier molecular flexibility index (Phi) is 5.11. The van der Waals surface area contributed by atoms with Gasteiger partial charge in [0.1, 0.15) is 5.69 Å². The number of carbonyl (C=O) groups is 1. The summed E-state index contributed by atoms with van der Waals surface area (Å²) in [5, 5.41) is 7.37. The van der Waals surface area contributed by atoms with Crippen LogP contribution in [-0.4, -0.2) is 20.3 Å². The first-order valence-corrected chi connectivity index (χ1v) is 10.6. The predicted molar refractivity (Wildman–Crippen MR) is 125 cm³/mol. The van der Waals surface area contributed by atoms with E-state index in [0.717, 1.165) is 11.1 Å². The van der Waals surface area contributed by atoms with Crippen LogP contribution < -0.4 is 5.32 Å². The molecule has 0 atom stereocenters. The van der Waals surface area contributed by atoms with Gasteiger partial charge in [0.15, 0.2) is 5.58 Å². The minimum Gasteiger partial charge on any atom is -0.463 e. The molecule has 6 nitrogen and oxygen atoms in total. The molecule has 160 valence electrons. The summed E-state index contributed by atoms with van der Waals surface area (Å²) in [5.74, 6) is -0.196. The molecule has 0 aliphatic rings. The van der Waals surface area contributed by atoms with Gasteiger partial charge in [0.25, 0.3) is 5.91 Å². The Balaban J connectivity index is 1.37. The van der Waals surface area contributed by atoms with Gasteiger partial charge in [-0.15, -0.1) is 0 Å². The van der Waals surface area contributed by atoms with E-state index in [1.807, 2.05) is 27.6 Å². The molecule has 0 bridgehead atoms. The summed E-state index contributed by atoms with van der Waals surface area (Å²) >= 11 is 0. The number of nitrogens with zero attached hydrogens (tertiary/aromatic N) is 3. The SMILES string of the molecule is Cc1ccc(Cn2c(C(=O)Nc3cnn(Cc4cccc(C)c4)c3)cc3occc32)cc1. The van der Waals surface area contributed by atoms with Crippen molar-refractivity contribution in [2.45, 2.75) is 26.9 Å². The Hall–Kier alpha value is -4.06. The lowest BCUT2D eigenvalue weighted by Crippen LogP contribution is -2.17. The number of hydrogen-bond acceptors (Lipinski definition) is 3. The molecule has 0 aliphatic heterocycles. The van der Waals surface area contributed by atoms with Crippen LogP contribution in [0.4, 0.5) is 5.69 Å². The number of nitrogens with one attached hydrogen (secondary N) is 1. The van der Waals surface area contributed by atoms with Crippen LogP contribution >= 0.6 is 0 Å². The second-order valence-corrected chi connectivity index (χ2v) is 8.14. The monoisotopic (exact) mass is 424 g/mol. The highest BCUT2D eigenvalue weighted by Crippen LogP contribution is 2.23. The van der Waals surface area contributed by atoms with E-state index in [1.165, 1.54) is 16.7 Å². The molecule has 1 N–H and O–H groups in total. The summed E-state index contributed by atoms with van der Waals surface area (Å²) in [4.78, 5) is 13.1. The quantitative estimate of drug-likeness (QED) is 0.397. The number of fused-ring (bicyclic) bond motifs is 1. The lowest BCUT2D eigenvalue weighted by atomic mass is 10.1. The van der Waals surface area contributed by atoms with Crippen molar-refractivity contribution < 1.29 is 9.21 Å². The van der Waals surface area contributed by atoms with Crippen molar-refractivity contribution >= 4 is 22.7 Å². The highest BCUT2D eigenvalue weighted by Gasteiger charge is 2.18. The van der Waals surface area contributed by atoms with Crippen molar-refractivity contribution in [3.05, 3.63) is 107 Å². The van der Waals surface area contributed by atoms with Crippen LogP contribution in [-0.2, 0) is 13.1 Å². The van der Waals surface area contributed by atoms with Crippen molar-refractivity contribution in [1.29, 1.82) is 0 Å². The van der Waals surface area contributed by atoms with E-state index in [-0.39, 0.29) is 5.91 Å². The van der Waals surface area contributed by atoms with Crippen LogP contribution in [0.25, 0.3) is 11.1 Å².